The van der Waals surface area contributed by atoms with Crippen LogP contribution in [0, 0.1) is 11.8 Å². The first-order valence-electron chi connectivity index (χ1n) is 12.3. The van der Waals surface area contributed by atoms with Crippen molar-refractivity contribution in [1.29, 1.82) is 0 Å². The average Bonchev–Trinajstić information content (AvgIpc) is 3.69. The Balaban J connectivity index is 1.26. The minimum absolute atomic E-state index is 0.182. The van der Waals surface area contributed by atoms with E-state index in [0.29, 0.717) is 5.92 Å². The van der Waals surface area contributed by atoms with E-state index in [1.165, 1.54) is 45.2 Å². The highest BCUT2D eigenvalue weighted by Crippen LogP contribution is 2.31. The smallest absolute Gasteiger partial charge is 0.195 e. The van der Waals surface area contributed by atoms with Crippen LogP contribution in [0.4, 0.5) is 5.69 Å². The summed E-state index contributed by atoms with van der Waals surface area (Å²) in [6.45, 7) is 10.0. The lowest BCUT2D eigenvalue weighted by Gasteiger charge is -2.16. The molecule has 0 aromatic heterocycles. The van der Waals surface area contributed by atoms with Crippen LogP contribution >= 0.6 is 0 Å². The highest BCUT2D eigenvalue weighted by Gasteiger charge is 2.34. The molecule has 2 saturated carbocycles. The molecule has 4 rings (SSSR count). The van der Waals surface area contributed by atoms with Crippen LogP contribution < -0.4 is 15.4 Å². The standard InChI is InChI=1S/C25H40N4O2/c1-19(2)31-24-10-6-22(7-11-24)28-25(26-13-3-15-30-18-20-4-5-20)27-16-21-12-14-29(17-21)23-8-9-23/h6-7,10-11,19-21,23H,3-5,8-9,12-18H2,1-2H3,(H2,26,27,28). The van der Waals surface area contributed by atoms with Gasteiger partial charge in [-0.1, -0.05) is 0 Å². The predicted octanol–water partition coefficient (Wildman–Crippen LogP) is 4.13. The van der Waals surface area contributed by atoms with Crippen molar-refractivity contribution in [2.45, 2.75) is 64.5 Å². The fraction of sp³-hybridized carbons (Fsp3) is 0.720. The van der Waals surface area contributed by atoms with E-state index < -0.39 is 0 Å². The van der Waals surface area contributed by atoms with Crippen LogP contribution in [-0.2, 0) is 4.74 Å². The summed E-state index contributed by atoms with van der Waals surface area (Å²) in [4.78, 5) is 7.60. The monoisotopic (exact) mass is 428 g/mol. The molecule has 6 heteroatoms. The zero-order valence-electron chi connectivity index (χ0n) is 19.3. The Labute approximate surface area is 187 Å². The lowest BCUT2D eigenvalue weighted by atomic mass is 10.1. The quantitative estimate of drug-likeness (QED) is 0.298. The van der Waals surface area contributed by atoms with E-state index in [2.05, 4.69) is 27.7 Å². The van der Waals surface area contributed by atoms with Crippen molar-refractivity contribution in [1.82, 2.24) is 10.2 Å². The van der Waals surface area contributed by atoms with Crippen molar-refractivity contribution in [2.24, 2.45) is 16.8 Å². The first-order valence-corrected chi connectivity index (χ1v) is 12.3. The van der Waals surface area contributed by atoms with Gasteiger partial charge in [-0.3, -0.25) is 4.99 Å². The lowest BCUT2D eigenvalue weighted by molar-refractivity contribution is 0.123. The maximum atomic E-state index is 5.76. The second kappa shape index (κ2) is 11.2. The molecule has 0 radical (unpaired) electrons. The summed E-state index contributed by atoms with van der Waals surface area (Å²) >= 11 is 0. The number of rotatable bonds is 12. The third-order valence-electron chi connectivity index (χ3n) is 6.19. The molecule has 1 aromatic rings. The molecular weight excluding hydrogens is 388 g/mol. The number of aliphatic imine (C=N–C) groups is 1. The van der Waals surface area contributed by atoms with Crippen molar-refractivity contribution in [3.63, 3.8) is 0 Å². The summed E-state index contributed by atoms with van der Waals surface area (Å²) in [7, 11) is 0. The van der Waals surface area contributed by atoms with Gasteiger partial charge in [0.25, 0.3) is 0 Å². The number of nitrogens with one attached hydrogen (secondary N) is 2. The van der Waals surface area contributed by atoms with Crippen LogP contribution in [0.1, 0.15) is 52.4 Å². The van der Waals surface area contributed by atoms with Gasteiger partial charge in [0.2, 0.25) is 0 Å². The zero-order chi connectivity index (χ0) is 21.5. The van der Waals surface area contributed by atoms with Crippen LogP contribution in [0.5, 0.6) is 5.75 Å². The first-order chi connectivity index (χ1) is 15.2. The summed E-state index contributed by atoms with van der Waals surface area (Å²) in [6, 6.07) is 8.99. The normalized spacial score (nSPS) is 22.2. The third kappa shape index (κ3) is 8.00. The second-order valence-electron chi connectivity index (χ2n) is 9.68. The van der Waals surface area contributed by atoms with Crippen molar-refractivity contribution in [2.75, 3.05) is 44.7 Å². The molecule has 3 fully saturated rings. The SMILES string of the molecule is CC(C)Oc1ccc(NC(=NCC2CCN(C3CC3)C2)NCCCOCC2CC2)cc1. The highest BCUT2D eigenvalue weighted by molar-refractivity contribution is 5.93. The zero-order valence-corrected chi connectivity index (χ0v) is 19.3. The Morgan fingerprint density at radius 3 is 2.61 bits per heavy atom. The molecule has 1 saturated heterocycles. The van der Waals surface area contributed by atoms with Crippen LogP contribution in [0.15, 0.2) is 29.3 Å². The van der Waals surface area contributed by atoms with Crippen LogP contribution in [0.25, 0.3) is 0 Å². The van der Waals surface area contributed by atoms with Gasteiger partial charge in [0.15, 0.2) is 5.96 Å². The minimum Gasteiger partial charge on any atom is -0.491 e. The van der Waals surface area contributed by atoms with Crippen molar-refractivity contribution >= 4 is 11.6 Å². The van der Waals surface area contributed by atoms with E-state index in [0.717, 1.165) is 62.1 Å². The molecule has 1 unspecified atom stereocenters. The lowest BCUT2D eigenvalue weighted by Crippen LogP contribution is -2.33. The number of ether oxygens (including phenoxy) is 2. The topological polar surface area (TPSA) is 58.1 Å². The number of benzene rings is 1. The second-order valence-corrected chi connectivity index (χ2v) is 9.68. The number of hydrogen-bond donors (Lipinski definition) is 2. The molecule has 2 aliphatic carbocycles. The molecule has 1 heterocycles. The molecule has 3 aliphatic rings. The van der Waals surface area contributed by atoms with E-state index in [1.807, 2.05) is 26.0 Å². The Hall–Kier alpha value is -1.79. The minimum atomic E-state index is 0.182. The van der Waals surface area contributed by atoms with E-state index >= 15 is 0 Å². The van der Waals surface area contributed by atoms with Gasteiger partial charge in [-0.25, -0.2) is 0 Å². The largest absolute Gasteiger partial charge is 0.491 e. The number of guanidine groups is 1. The maximum absolute atomic E-state index is 5.76. The van der Waals surface area contributed by atoms with Crippen molar-refractivity contribution in [3.05, 3.63) is 24.3 Å². The summed E-state index contributed by atoms with van der Waals surface area (Å²) in [5.41, 5.74) is 1.03. The van der Waals surface area contributed by atoms with Crippen LogP contribution in [-0.4, -0.2) is 62.4 Å². The summed E-state index contributed by atoms with van der Waals surface area (Å²) in [5.74, 6) is 3.26. The molecule has 1 atom stereocenters. The third-order valence-corrected chi connectivity index (χ3v) is 6.19. The molecular formula is C25H40N4O2. The summed E-state index contributed by atoms with van der Waals surface area (Å²) in [6.07, 6.45) is 7.92. The van der Waals surface area contributed by atoms with Crippen LogP contribution in [0.3, 0.4) is 0 Å². The van der Waals surface area contributed by atoms with E-state index in [9.17, 15) is 0 Å². The summed E-state index contributed by atoms with van der Waals surface area (Å²) < 4.78 is 11.5. The van der Waals surface area contributed by atoms with Gasteiger partial charge in [-0.15, -0.1) is 0 Å². The average molecular weight is 429 g/mol. The number of likely N-dealkylation sites (tertiary alicyclic amines) is 1. The van der Waals surface area contributed by atoms with Gasteiger partial charge >= 0.3 is 0 Å². The Bertz CT molecular complexity index is 698. The highest BCUT2D eigenvalue weighted by atomic mass is 16.5. The van der Waals surface area contributed by atoms with E-state index in [-0.39, 0.29) is 6.10 Å². The molecule has 31 heavy (non-hydrogen) atoms. The first kappa shape index (κ1) is 22.4. The van der Waals surface area contributed by atoms with E-state index in [4.69, 9.17) is 14.5 Å². The van der Waals surface area contributed by atoms with Gasteiger partial charge in [-0.05, 0) is 95.0 Å². The van der Waals surface area contributed by atoms with Crippen LogP contribution in [0.2, 0.25) is 0 Å². The summed E-state index contributed by atoms with van der Waals surface area (Å²) in [5, 5.41) is 6.98. The maximum Gasteiger partial charge on any atom is 0.195 e. The van der Waals surface area contributed by atoms with Gasteiger partial charge in [0, 0.05) is 44.6 Å². The Morgan fingerprint density at radius 2 is 1.90 bits per heavy atom. The predicted molar refractivity (Wildman–Crippen MR) is 127 cm³/mol. The van der Waals surface area contributed by atoms with Gasteiger partial charge in [-0.2, -0.15) is 0 Å². The van der Waals surface area contributed by atoms with Gasteiger partial charge < -0.3 is 25.0 Å². The molecule has 6 nitrogen and oxygen atoms in total. The van der Waals surface area contributed by atoms with E-state index in [1.54, 1.807) is 0 Å². The van der Waals surface area contributed by atoms with Crippen molar-refractivity contribution < 1.29 is 9.47 Å². The molecule has 2 N–H and O–H groups in total. The number of nitrogens with zero attached hydrogens (tertiary/aromatic N) is 2. The molecule has 1 aromatic carbocycles. The fourth-order valence-electron chi connectivity index (χ4n) is 4.08. The van der Waals surface area contributed by atoms with Crippen molar-refractivity contribution in [3.8, 4) is 5.75 Å². The molecule has 1 aliphatic heterocycles. The molecule has 172 valence electrons. The molecule has 0 amide bonds. The molecule has 0 bridgehead atoms. The molecule has 0 spiro atoms. The number of hydrogen-bond acceptors (Lipinski definition) is 4. The Kier molecular flexibility index (Phi) is 8.09. The number of anilines is 1. The fourth-order valence-corrected chi connectivity index (χ4v) is 4.08. The Morgan fingerprint density at radius 1 is 1.10 bits per heavy atom. The van der Waals surface area contributed by atoms with Gasteiger partial charge in [0.05, 0.1) is 6.10 Å². The van der Waals surface area contributed by atoms with Gasteiger partial charge in [0.1, 0.15) is 5.75 Å².